The average molecular weight is 397 g/mol. The van der Waals surface area contributed by atoms with Crippen molar-refractivity contribution in [3.05, 3.63) is 59.4 Å². The Balaban J connectivity index is 0.00000225. The van der Waals surface area contributed by atoms with Gasteiger partial charge in [-0.1, -0.05) is 19.1 Å². The number of hydrogen-bond acceptors (Lipinski definition) is 4. The van der Waals surface area contributed by atoms with E-state index >= 15 is 0 Å². The molecule has 1 fully saturated rings. The van der Waals surface area contributed by atoms with Crippen LogP contribution in [0.5, 0.6) is 0 Å². The lowest BCUT2D eigenvalue weighted by molar-refractivity contribution is 0.0793. The summed E-state index contributed by atoms with van der Waals surface area (Å²) in [7, 11) is 0. The maximum atomic E-state index is 13.1. The second-order valence-corrected chi connectivity index (χ2v) is 7.05. The molecule has 4 rings (SSSR count). The number of carbonyl (C=O) groups is 1. The summed E-state index contributed by atoms with van der Waals surface area (Å²) >= 11 is 0. The molecular formula is C22H25ClN4O. The Labute approximate surface area is 171 Å². The SMILES string of the molecule is CCc1cccc(Nc2c(C(=O)N3CCCC3)cnc3nc(C)ccc23)c1.Cl. The molecule has 1 amide bonds. The lowest BCUT2D eigenvalue weighted by Gasteiger charge is -2.19. The van der Waals surface area contributed by atoms with Crippen molar-refractivity contribution in [2.45, 2.75) is 33.1 Å². The van der Waals surface area contributed by atoms with Gasteiger partial charge in [0, 0.05) is 36.1 Å². The Bertz CT molecular complexity index is 999. The predicted octanol–water partition coefficient (Wildman–Crippen LogP) is 4.90. The van der Waals surface area contributed by atoms with Crippen LogP contribution in [-0.4, -0.2) is 33.9 Å². The van der Waals surface area contributed by atoms with E-state index in [-0.39, 0.29) is 18.3 Å². The molecule has 6 heteroatoms. The van der Waals surface area contributed by atoms with Gasteiger partial charge < -0.3 is 10.2 Å². The van der Waals surface area contributed by atoms with E-state index in [2.05, 4.69) is 34.3 Å². The molecule has 0 spiro atoms. The first-order chi connectivity index (χ1) is 13.2. The van der Waals surface area contributed by atoms with Crippen molar-refractivity contribution in [2.75, 3.05) is 18.4 Å². The third-order valence-electron chi connectivity index (χ3n) is 5.10. The molecule has 146 valence electrons. The van der Waals surface area contributed by atoms with Gasteiger partial charge in [0.05, 0.1) is 11.3 Å². The molecule has 28 heavy (non-hydrogen) atoms. The largest absolute Gasteiger partial charge is 0.354 e. The normalized spacial score (nSPS) is 13.4. The molecule has 1 saturated heterocycles. The minimum absolute atomic E-state index is 0. The van der Waals surface area contributed by atoms with Gasteiger partial charge in [0.15, 0.2) is 5.65 Å². The third-order valence-corrected chi connectivity index (χ3v) is 5.10. The van der Waals surface area contributed by atoms with Gasteiger partial charge in [-0.2, -0.15) is 0 Å². The summed E-state index contributed by atoms with van der Waals surface area (Å²) in [6.45, 7) is 5.71. The average Bonchev–Trinajstić information content (AvgIpc) is 3.22. The number of halogens is 1. The first-order valence-corrected chi connectivity index (χ1v) is 9.57. The van der Waals surface area contributed by atoms with E-state index in [1.165, 1.54) is 5.56 Å². The van der Waals surface area contributed by atoms with Crippen molar-refractivity contribution in [3.8, 4) is 0 Å². The molecule has 5 nitrogen and oxygen atoms in total. The smallest absolute Gasteiger partial charge is 0.257 e. The van der Waals surface area contributed by atoms with Crippen molar-refractivity contribution >= 4 is 40.7 Å². The number of carbonyl (C=O) groups excluding carboxylic acids is 1. The molecule has 1 aliphatic rings. The number of amides is 1. The molecule has 1 aliphatic heterocycles. The molecule has 0 aliphatic carbocycles. The molecule has 1 aromatic carbocycles. The third kappa shape index (κ3) is 3.94. The lowest BCUT2D eigenvalue weighted by Crippen LogP contribution is -2.28. The molecule has 0 bridgehead atoms. The summed E-state index contributed by atoms with van der Waals surface area (Å²) < 4.78 is 0. The van der Waals surface area contributed by atoms with Crippen molar-refractivity contribution < 1.29 is 4.79 Å². The minimum atomic E-state index is 0. The number of rotatable bonds is 4. The highest BCUT2D eigenvalue weighted by atomic mass is 35.5. The van der Waals surface area contributed by atoms with Gasteiger partial charge in [0.2, 0.25) is 0 Å². The summed E-state index contributed by atoms with van der Waals surface area (Å²) in [5.74, 6) is 0.0385. The van der Waals surface area contributed by atoms with Crippen LogP contribution in [0.3, 0.4) is 0 Å². The number of fused-ring (bicyclic) bond motifs is 1. The van der Waals surface area contributed by atoms with Crippen molar-refractivity contribution in [1.82, 2.24) is 14.9 Å². The highest BCUT2D eigenvalue weighted by Gasteiger charge is 2.24. The second-order valence-electron chi connectivity index (χ2n) is 7.05. The maximum absolute atomic E-state index is 13.1. The Kier molecular flexibility index (Phi) is 6.15. The summed E-state index contributed by atoms with van der Waals surface area (Å²) in [5.41, 5.74) is 5.18. The lowest BCUT2D eigenvalue weighted by atomic mass is 10.1. The van der Waals surface area contributed by atoms with Crippen LogP contribution >= 0.6 is 12.4 Å². The number of likely N-dealkylation sites (tertiary alicyclic amines) is 1. The summed E-state index contributed by atoms with van der Waals surface area (Å²) in [6, 6.07) is 12.3. The minimum Gasteiger partial charge on any atom is -0.354 e. The molecule has 0 unspecified atom stereocenters. The fourth-order valence-electron chi connectivity index (χ4n) is 3.57. The number of aromatic nitrogens is 2. The molecule has 1 N–H and O–H groups in total. The molecular weight excluding hydrogens is 372 g/mol. The zero-order valence-corrected chi connectivity index (χ0v) is 17.1. The Morgan fingerprint density at radius 2 is 1.96 bits per heavy atom. The first-order valence-electron chi connectivity index (χ1n) is 9.57. The highest BCUT2D eigenvalue weighted by Crippen LogP contribution is 2.30. The van der Waals surface area contributed by atoms with Crippen LogP contribution in [0.15, 0.2) is 42.6 Å². The second kappa shape index (κ2) is 8.57. The highest BCUT2D eigenvalue weighted by molar-refractivity contribution is 6.07. The van der Waals surface area contributed by atoms with E-state index in [0.29, 0.717) is 11.2 Å². The number of aryl methyl sites for hydroxylation is 2. The Morgan fingerprint density at radius 3 is 2.71 bits per heavy atom. The summed E-state index contributed by atoms with van der Waals surface area (Å²) in [4.78, 5) is 24.0. The summed E-state index contributed by atoms with van der Waals surface area (Å²) in [5, 5.41) is 4.35. The van der Waals surface area contributed by atoms with Gasteiger partial charge in [0.25, 0.3) is 5.91 Å². The zero-order chi connectivity index (χ0) is 18.8. The molecule has 2 aromatic heterocycles. The molecule has 0 radical (unpaired) electrons. The van der Waals surface area contributed by atoms with Crippen LogP contribution in [0, 0.1) is 6.92 Å². The molecule has 0 saturated carbocycles. The van der Waals surface area contributed by atoms with Crippen molar-refractivity contribution in [2.24, 2.45) is 0 Å². The van der Waals surface area contributed by atoms with Gasteiger partial charge in [-0.05, 0) is 56.0 Å². The van der Waals surface area contributed by atoms with Gasteiger partial charge in [-0.15, -0.1) is 12.4 Å². The fourth-order valence-corrected chi connectivity index (χ4v) is 3.57. The predicted molar refractivity (Wildman–Crippen MR) is 116 cm³/mol. The number of pyridine rings is 2. The van der Waals surface area contributed by atoms with Gasteiger partial charge >= 0.3 is 0 Å². The van der Waals surface area contributed by atoms with Crippen LogP contribution in [0.4, 0.5) is 11.4 Å². The van der Waals surface area contributed by atoms with E-state index in [1.54, 1.807) is 6.20 Å². The summed E-state index contributed by atoms with van der Waals surface area (Å²) in [6.07, 6.45) is 4.76. The van der Waals surface area contributed by atoms with Crippen LogP contribution in [0.25, 0.3) is 11.0 Å². The van der Waals surface area contributed by atoms with Crippen molar-refractivity contribution in [3.63, 3.8) is 0 Å². The van der Waals surface area contributed by atoms with Crippen LogP contribution in [0.1, 0.15) is 41.4 Å². The Morgan fingerprint density at radius 1 is 1.18 bits per heavy atom. The van der Waals surface area contributed by atoms with Gasteiger partial charge in [-0.3, -0.25) is 4.79 Å². The van der Waals surface area contributed by atoms with Crippen LogP contribution < -0.4 is 5.32 Å². The van der Waals surface area contributed by atoms with E-state index in [4.69, 9.17) is 0 Å². The number of hydrogen-bond donors (Lipinski definition) is 1. The van der Waals surface area contributed by atoms with Crippen molar-refractivity contribution in [1.29, 1.82) is 0 Å². The number of nitrogens with zero attached hydrogens (tertiary/aromatic N) is 3. The van der Waals surface area contributed by atoms with E-state index < -0.39 is 0 Å². The van der Waals surface area contributed by atoms with Gasteiger partial charge in [0.1, 0.15) is 0 Å². The number of benzene rings is 1. The van der Waals surface area contributed by atoms with E-state index in [9.17, 15) is 4.79 Å². The molecule has 0 atom stereocenters. The monoisotopic (exact) mass is 396 g/mol. The fraction of sp³-hybridized carbons (Fsp3) is 0.318. The van der Waals surface area contributed by atoms with Gasteiger partial charge in [-0.25, -0.2) is 9.97 Å². The maximum Gasteiger partial charge on any atom is 0.257 e. The molecule has 3 heterocycles. The topological polar surface area (TPSA) is 58.1 Å². The first kappa shape index (κ1) is 20.1. The number of nitrogens with one attached hydrogen (secondary N) is 1. The zero-order valence-electron chi connectivity index (χ0n) is 16.2. The standard InChI is InChI=1S/C22H24N4O.ClH/c1-3-16-7-6-8-17(13-16)25-20-18-10-9-15(2)24-21(18)23-14-19(20)22(27)26-11-4-5-12-26;/h6-10,13-14H,3-5,11-12H2,1-2H3,(H,23,24,25);1H. The Hall–Kier alpha value is -2.66. The quantitative estimate of drug-likeness (QED) is 0.681. The number of anilines is 2. The van der Waals surface area contributed by atoms with Crippen LogP contribution in [-0.2, 0) is 6.42 Å². The van der Waals surface area contributed by atoms with E-state index in [0.717, 1.165) is 54.8 Å². The van der Waals surface area contributed by atoms with Crippen LogP contribution in [0.2, 0.25) is 0 Å². The van der Waals surface area contributed by atoms with E-state index in [1.807, 2.05) is 36.1 Å². The molecule has 3 aromatic rings.